The Bertz CT molecular complexity index is 649. The highest BCUT2D eigenvalue weighted by Crippen LogP contribution is 2.15. The average molecular weight is 344 g/mol. The van der Waals surface area contributed by atoms with Crippen LogP contribution in [0.15, 0.2) is 42.7 Å². The highest BCUT2D eigenvalue weighted by Gasteiger charge is 2.21. The molecule has 1 atom stereocenters. The molecule has 0 spiro atoms. The Balaban J connectivity index is 1.74. The minimum Gasteiger partial charge on any atom is -0.388 e. The van der Waals surface area contributed by atoms with Gasteiger partial charge in [0.15, 0.2) is 0 Å². The lowest BCUT2D eigenvalue weighted by atomic mass is 9.95. The van der Waals surface area contributed by atoms with Gasteiger partial charge in [-0.25, -0.2) is 9.48 Å². The molecule has 25 heavy (non-hydrogen) atoms. The summed E-state index contributed by atoms with van der Waals surface area (Å²) in [5, 5.41) is 20.0. The minimum atomic E-state index is -0.882. The molecule has 0 aliphatic heterocycles. The summed E-state index contributed by atoms with van der Waals surface area (Å²) in [6.07, 6.45) is 5.21. The molecule has 1 aromatic carbocycles. The Morgan fingerprint density at radius 1 is 1.28 bits per heavy atom. The summed E-state index contributed by atoms with van der Waals surface area (Å²) in [5.74, 6) is 0.532. The van der Waals surface area contributed by atoms with Gasteiger partial charge in [0, 0.05) is 25.5 Å². The third kappa shape index (κ3) is 6.58. The Morgan fingerprint density at radius 2 is 2.00 bits per heavy atom. The second-order valence-corrected chi connectivity index (χ2v) is 7.08. The fourth-order valence-electron chi connectivity index (χ4n) is 2.39. The summed E-state index contributed by atoms with van der Waals surface area (Å²) < 4.78 is 1.78. The Kier molecular flexibility index (Phi) is 6.58. The van der Waals surface area contributed by atoms with Crippen LogP contribution in [0.4, 0.5) is 4.79 Å². The third-order valence-electron chi connectivity index (χ3n) is 4.05. The number of nitrogens with zero attached hydrogens (tertiary/aromatic N) is 2. The zero-order chi connectivity index (χ0) is 18.3. The molecule has 0 bridgehead atoms. The van der Waals surface area contributed by atoms with E-state index in [1.165, 1.54) is 0 Å². The molecule has 6 heteroatoms. The van der Waals surface area contributed by atoms with Crippen LogP contribution in [0.5, 0.6) is 0 Å². The van der Waals surface area contributed by atoms with Crippen molar-refractivity contribution in [1.82, 2.24) is 20.4 Å². The molecule has 0 aliphatic carbocycles. The molecular weight excluding hydrogens is 316 g/mol. The molecule has 0 saturated carbocycles. The predicted octanol–water partition coefficient (Wildman–Crippen LogP) is 2.86. The normalized spacial score (nSPS) is 13.5. The van der Waals surface area contributed by atoms with Crippen molar-refractivity contribution >= 4 is 6.03 Å². The second kappa shape index (κ2) is 8.67. The fourth-order valence-corrected chi connectivity index (χ4v) is 2.39. The van der Waals surface area contributed by atoms with Crippen molar-refractivity contribution < 1.29 is 9.90 Å². The van der Waals surface area contributed by atoms with Gasteiger partial charge >= 0.3 is 6.03 Å². The molecule has 0 radical (unpaired) electrons. The lowest BCUT2D eigenvalue weighted by molar-refractivity contribution is 0.0476. The molecule has 2 aromatic rings. The number of benzene rings is 1. The van der Waals surface area contributed by atoms with Gasteiger partial charge in [-0.1, -0.05) is 26.0 Å². The van der Waals surface area contributed by atoms with E-state index in [0.29, 0.717) is 18.9 Å². The molecule has 1 unspecified atom stereocenters. The maximum Gasteiger partial charge on any atom is 0.315 e. The number of hydrogen-bond donors (Lipinski definition) is 3. The monoisotopic (exact) mass is 344 g/mol. The molecule has 2 amide bonds. The van der Waals surface area contributed by atoms with Gasteiger partial charge in [0.05, 0.1) is 11.3 Å². The molecule has 136 valence electrons. The molecule has 2 rings (SSSR count). The molecule has 3 N–H and O–H groups in total. The van der Waals surface area contributed by atoms with E-state index in [1.807, 2.05) is 36.5 Å². The first-order chi connectivity index (χ1) is 11.9. The van der Waals surface area contributed by atoms with Crippen molar-refractivity contribution in [3.63, 3.8) is 0 Å². The van der Waals surface area contributed by atoms with E-state index < -0.39 is 5.60 Å². The van der Waals surface area contributed by atoms with Crippen LogP contribution in [0, 0.1) is 5.92 Å². The molecule has 1 heterocycles. The van der Waals surface area contributed by atoms with Crippen molar-refractivity contribution in [2.45, 2.75) is 45.8 Å². The number of aromatic nitrogens is 2. The SMILES string of the molecule is CC(C)CCC(C)(O)CNC(=O)NCc1ccc(-n2cccn2)cc1. The Morgan fingerprint density at radius 3 is 2.60 bits per heavy atom. The van der Waals surface area contributed by atoms with Crippen LogP contribution in [-0.4, -0.2) is 33.1 Å². The predicted molar refractivity (Wildman–Crippen MR) is 98.5 cm³/mol. The zero-order valence-electron chi connectivity index (χ0n) is 15.2. The van der Waals surface area contributed by atoms with Gasteiger partial charge in [-0.3, -0.25) is 0 Å². The maximum atomic E-state index is 11.9. The van der Waals surface area contributed by atoms with Crippen molar-refractivity contribution in [2.24, 2.45) is 5.92 Å². The van der Waals surface area contributed by atoms with Crippen molar-refractivity contribution in [1.29, 1.82) is 0 Å². The number of urea groups is 1. The second-order valence-electron chi connectivity index (χ2n) is 7.08. The molecule has 0 aliphatic rings. The summed E-state index contributed by atoms with van der Waals surface area (Å²) in [4.78, 5) is 11.9. The van der Waals surface area contributed by atoms with Gasteiger partial charge in [0.2, 0.25) is 0 Å². The summed E-state index contributed by atoms with van der Waals surface area (Å²) in [7, 11) is 0. The highest BCUT2D eigenvalue weighted by atomic mass is 16.3. The van der Waals surface area contributed by atoms with Crippen molar-refractivity contribution in [2.75, 3.05) is 6.54 Å². The number of hydrogen-bond acceptors (Lipinski definition) is 3. The van der Waals surface area contributed by atoms with Gasteiger partial charge in [-0.2, -0.15) is 5.10 Å². The largest absolute Gasteiger partial charge is 0.388 e. The fraction of sp³-hybridized carbons (Fsp3) is 0.474. The number of carbonyl (C=O) groups is 1. The average Bonchev–Trinajstić information content (AvgIpc) is 3.12. The van der Waals surface area contributed by atoms with Crippen LogP contribution in [0.2, 0.25) is 0 Å². The molecule has 6 nitrogen and oxygen atoms in total. The zero-order valence-corrected chi connectivity index (χ0v) is 15.2. The van der Waals surface area contributed by atoms with E-state index in [-0.39, 0.29) is 12.6 Å². The van der Waals surface area contributed by atoms with Gasteiger partial charge in [-0.05, 0) is 49.4 Å². The van der Waals surface area contributed by atoms with Crippen LogP contribution < -0.4 is 10.6 Å². The standard InChI is InChI=1S/C19H28N4O2/c1-15(2)9-10-19(3,25)14-21-18(24)20-13-16-5-7-17(8-6-16)23-12-4-11-22-23/h4-8,11-12,15,25H,9-10,13-14H2,1-3H3,(H2,20,21,24). The van der Waals surface area contributed by atoms with E-state index in [1.54, 1.807) is 17.8 Å². The number of aliphatic hydroxyl groups is 1. The van der Waals surface area contributed by atoms with Gasteiger partial charge in [0.25, 0.3) is 0 Å². The van der Waals surface area contributed by atoms with E-state index in [0.717, 1.165) is 17.7 Å². The molecule has 0 saturated heterocycles. The van der Waals surface area contributed by atoms with Crippen LogP contribution >= 0.6 is 0 Å². The van der Waals surface area contributed by atoms with E-state index in [2.05, 4.69) is 29.6 Å². The third-order valence-corrected chi connectivity index (χ3v) is 4.05. The summed E-state index contributed by atoms with van der Waals surface area (Å²) in [6, 6.07) is 9.42. The van der Waals surface area contributed by atoms with Gasteiger partial charge < -0.3 is 15.7 Å². The quantitative estimate of drug-likeness (QED) is 0.689. The van der Waals surface area contributed by atoms with Crippen LogP contribution in [0.3, 0.4) is 0 Å². The van der Waals surface area contributed by atoms with E-state index in [4.69, 9.17) is 0 Å². The van der Waals surface area contributed by atoms with Crippen LogP contribution in [0.25, 0.3) is 5.69 Å². The number of carbonyl (C=O) groups excluding carboxylic acids is 1. The smallest absolute Gasteiger partial charge is 0.315 e. The summed E-state index contributed by atoms with van der Waals surface area (Å²) in [5.41, 5.74) is 1.09. The van der Waals surface area contributed by atoms with Crippen LogP contribution in [-0.2, 0) is 6.54 Å². The lowest BCUT2D eigenvalue weighted by Crippen LogP contribution is -2.44. The highest BCUT2D eigenvalue weighted by molar-refractivity contribution is 5.73. The van der Waals surface area contributed by atoms with Crippen molar-refractivity contribution in [3.8, 4) is 5.69 Å². The van der Waals surface area contributed by atoms with Gasteiger partial charge in [-0.15, -0.1) is 0 Å². The lowest BCUT2D eigenvalue weighted by Gasteiger charge is -2.24. The first-order valence-corrected chi connectivity index (χ1v) is 8.69. The van der Waals surface area contributed by atoms with E-state index in [9.17, 15) is 9.90 Å². The number of rotatable bonds is 8. The van der Waals surface area contributed by atoms with Crippen LogP contribution in [0.1, 0.15) is 39.2 Å². The minimum absolute atomic E-state index is 0.240. The molecule has 0 fully saturated rings. The maximum absolute atomic E-state index is 11.9. The van der Waals surface area contributed by atoms with Gasteiger partial charge in [0.1, 0.15) is 0 Å². The first-order valence-electron chi connectivity index (χ1n) is 8.69. The first kappa shape index (κ1) is 19.0. The molecular formula is C19H28N4O2. The summed E-state index contributed by atoms with van der Waals surface area (Å²) >= 11 is 0. The Hall–Kier alpha value is -2.34. The van der Waals surface area contributed by atoms with E-state index >= 15 is 0 Å². The number of amides is 2. The van der Waals surface area contributed by atoms with Crippen molar-refractivity contribution in [3.05, 3.63) is 48.3 Å². The molecule has 1 aromatic heterocycles. The Labute approximate surface area is 149 Å². The summed E-state index contributed by atoms with van der Waals surface area (Å²) in [6.45, 7) is 6.66. The number of nitrogens with one attached hydrogen (secondary N) is 2. The topological polar surface area (TPSA) is 79.2 Å².